The van der Waals surface area contributed by atoms with Crippen molar-refractivity contribution in [3.05, 3.63) is 18.0 Å². The maximum absolute atomic E-state index is 6.22. The second-order valence-corrected chi connectivity index (χ2v) is 5.09. The minimum atomic E-state index is -0.129. The predicted molar refractivity (Wildman–Crippen MR) is 77.4 cm³/mol. The fraction of sp³-hybridized carbons (Fsp3) is 0.500. The number of alkyl halides is 1. The minimum Gasteiger partial charge on any atom is -0.493 e. The van der Waals surface area contributed by atoms with E-state index < -0.39 is 0 Å². The number of aromatic nitrogens is 2. The van der Waals surface area contributed by atoms with Crippen LogP contribution in [0.25, 0.3) is 11.0 Å². The average Bonchev–Trinajstić information content (AvgIpc) is 2.76. The molecule has 0 fully saturated rings. The van der Waals surface area contributed by atoms with Gasteiger partial charge < -0.3 is 14.0 Å². The summed E-state index contributed by atoms with van der Waals surface area (Å²) in [6.45, 7) is 4.96. The summed E-state index contributed by atoms with van der Waals surface area (Å²) in [5.41, 5.74) is 1.91. The number of ether oxygens (including phenoxy) is 2. The first-order chi connectivity index (χ1) is 9.12. The van der Waals surface area contributed by atoms with Gasteiger partial charge >= 0.3 is 0 Å². The zero-order valence-corrected chi connectivity index (χ0v) is 12.5. The van der Waals surface area contributed by atoms with Gasteiger partial charge in [-0.15, -0.1) is 11.6 Å². The number of nitrogens with zero attached hydrogens (tertiary/aromatic N) is 2. The van der Waals surface area contributed by atoms with Gasteiger partial charge in [-0.2, -0.15) is 0 Å². The monoisotopic (exact) mass is 282 g/mol. The number of hydrogen-bond donors (Lipinski definition) is 0. The second kappa shape index (κ2) is 5.70. The molecule has 1 unspecified atom stereocenters. The van der Waals surface area contributed by atoms with Crippen LogP contribution in [0.4, 0.5) is 0 Å². The van der Waals surface area contributed by atoms with Crippen LogP contribution in [0.15, 0.2) is 12.1 Å². The molecular weight excluding hydrogens is 264 g/mol. The van der Waals surface area contributed by atoms with Crippen LogP contribution in [0.2, 0.25) is 0 Å². The van der Waals surface area contributed by atoms with E-state index in [1.54, 1.807) is 14.2 Å². The van der Waals surface area contributed by atoms with Gasteiger partial charge in [-0.1, -0.05) is 6.92 Å². The third kappa shape index (κ3) is 2.50. The molecule has 2 rings (SSSR count). The number of halogens is 1. The van der Waals surface area contributed by atoms with Gasteiger partial charge in [0.15, 0.2) is 11.5 Å². The topological polar surface area (TPSA) is 36.3 Å². The molecule has 104 valence electrons. The molecule has 1 aromatic carbocycles. The maximum atomic E-state index is 6.22. The van der Waals surface area contributed by atoms with E-state index in [1.165, 1.54) is 0 Å². The molecule has 2 aromatic rings. The Kier molecular flexibility index (Phi) is 4.20. The Hall–Kier alpha value is -1.42. The van der Waals surface area contributed by atoms with E-state index in [2.05, 4.69) is 16.5 Å². The largest absolute Gasteiger partial charge is 0.493 e. The van der Waals surface area contributed by atoms with Crippen molar-refractivity contribution in [3.63, 3.8) is 0 Å². The Balaban J connectivity index is 2.69. The average molecular weight is 283 g/mol. The number of methoxy groups -OCH3 is 2. The van der Waals surface area contributed by atoms with Gasteiger partial charge in [-0.3, -0.25) is 0 Å². The number of hydrogen-bond acceptors (Lipinski definition) is 3. The molecule has 0 radical (unpaired) electrons. The van der Waals surface area contributed by atoms with E-state index in [0.29, 0.717) is 11.5 Å². The van der Waals surface area contributed by atoms with Gasteiger partial charge in [0, 0.05) is 18.7 Å². The lowest BCUT2D eigenvalue weighted by atomic mass is 10.2. The Bertz CT molecular complexity index is 578. The lowest BCUT2D eigenvalue weighted by molar-refractivity contribution is 0.355. The van der Waals surface area contributed by atoms with Crippen molar-refractivity contribution >= 4 is 22.6 Å². The first-order valence-electron chi connectivity index (χ1n) is 6.38. The Morgan fingerprint density at radius 1 is 1.26 bits per heavy atom. The number of aryl methyl sites for hydroxylation is 1. The quantitative estimate of drug-likeness (QED) is 0.784. The predicted octanol–water partition coefficient (Wildman–Crippen LogP) is 3.76. The highest BCUT2D eigenvalue weighted by Gasteiger charge is 2.17. The summed E-state index contributed by atoms with van der Waals surface area (Å²) in [7, 11) is 3.26. The number of imidazole rings is 1. The van der Waals surface area contributed by atoms with E-state index in [9.17, 15) is 0 Å². The minimum absolute atomic E-state index is 0.129. The lowest BCUT2D eigenvalue weighted by Crippen LogP contribution is -2.03. The molecule has 0 aliphatic rings. The Morgan fingerprint density at radius 2 is 1.89 bits per heavy atom. The van der Waals surface area contributed by atoms with Gasteiger partial charge in [0.2, 0.25) is 0 Å². The van der Waals surface area contributed by atoms with Crippen molar-refractivity contribution in [3.8, 4) is 11.5 Å². The first-order valence-corrected chi connectivity index (χ1v) is 6.82. The molecule has 1 atom stereocenters. The summed E-state index contributed by atoms with van der Waals surface area (Å²) in [5.74, 6) is 2.28. The van der Waals surface area contributed by atoms with Crippen molar-refractivity contribution < 1.29 is 9.47 Å². The zero-order valence-electron chi connectivity index (χ0n) is 11.7. The summed E-state index contributed by atoms with van der Waals surface area (Å²) >= 11 is 6.22. The molecule has 19 heavy (non-hydrogen) atoms. The molecule has 0 aliphatic carbocycles. The van der Waals surface area contributed by atoms with E-state index in [4.69, 9.17) is 21.1 Å². The van der Waals surface area contributed by atoms with Crippen molar-refractivity contribution in [1.29, 1.82) is 0 Å². The standard InChI is InChI=1S/C14H19ClN2O2/c1-5-6-17-11-8-13(19-4)12(18-3)7-10(11)16-14(17)9(2)15/h7-9H,5-6H2,1-4H3. The van der Waals surface area contributed by atoms with Gasteiger partial charge in [0.1, 0.15) is 5.82 Å². The van der Waals surface area contributed by atoms with E-state index >= 15 is 0 Å². The van der Waals surface area contributed by atoms with Crippen LogP contribution in [-0.2, 0) is 6.54 Å². The molecule has 1 aromatic heterocycles. The number of benzene rings is 1. The number of fused-ring (bicyclic) bond motifs is 1. The highest BCUT2D eigenvalue weighted by atomic mass is 35.5. The fourth-order valence-corrected chi connectivity index (χ4v) is 2.40. The van der Waals surface area contributed by atoms with Crippen LogP contribution in [0.3, 0.4) is 0 Å². The highest BCUT2D eigenvalue weighted by Crippen LogP contribution is 2.34. The smallest absolute Gasteiger partial charge is 0.163 e. The molecule has 4 nitrogen and oxygen atoms in total. The molecule has 0 spiro atoms. The Morgan fingerprint density at radius 3 is 2.42 bits per heavy atom. The normalized spacial score (nSPS) is 12.7. The SMILES string of the molecule is CCCn1c(C(C)Cl)nc2cc(OC)c(OC)cc21. The van der Waals surface area contributed by atoms with Crippen molar-refractivity contribution in [2.45, 2.75) is 32.2 Å². The van der Waals surface area contributed by atoms with Crippen LogP contribution >= 0.6 is 11.6 Å². The fourth-order valence-electron chi connectivity index (χ4n) is 2.23. The van der Waals surface area contributed by atoms with Gasteiger partial charge in [-0.25, -0.2) is 4.98 Å². The molecule has 0 saturated carbocycles. The van der Waals surface area contributed by atoms with Crippen LogP contribution in [0.1, 0.15) is 31.5 Å². The molecule has 0 bridgehead atoms. The van der Waals surface area contributed by atoms with Crippen molar-refractivity contribution in [2.24, 2.45) is 0 Å². The third-order valence-corrected chi connectivity index (χ3v) is 3.28. The Labute approximate surface area is 118 Å². The van der Waals surface area contributed by atoms with Crippen molar-refractivity contribution in [2.75, 3.05) is 14.2 Å². The summed E-state index contributed by atoms with van der Waals surface area (Å²) in [6.07, 6.45) is 1.02. The lowest BCUT2D eigenvalue weighted by Gasteiger charge is -2.10. The second-order valence-electron chi connectivity index (χ2n) is 4.43. The van der Waals surface area contributed by atoms with Gasteiger partial charge in [-0.05, 0) is 13.3 Å². The third-order valence-electron chi connectivity index (χ3n) is 3.09. The summed E-state index contributed by atoms with van der Waals surface area (Å²) in [4.78, 5) is 4.61. The molecule has 1 heterocycles. The molecular formula is C14H19ClN2O2. The number of rotatable bonds is 5. The molecule has 0 N–H and O–H groups in total. The molecule has 0 amide bonds. The molecule has 0 aliphatic heterocycles. The van der Waals surface area contributed by atoms with Crippen molar-refractivity contribution in [1.82, 2.24) is 9.55 Å². The molecule has 5 heteroatoms. The maximum Gasteiger partial charge on any atom is 0.163 e. The van der Waals surface area contributed by atoms with E-state index in [0.717, 1.165) is 29.8 Å². The summed E-state index contributed by atoms with van der Waals surface area (Å²) in [6, 6.07) is 3.85. The van der Waals surface area contributed by atoms with E-state index in [-0.39, 0.29) is 5.38 Å². The van der Waals surface area contributed by atoms with Crippen LogP contribution in [0, 0.1) is 0 Å². The summed E-state index contributed by atoms with van der Waals surface area (Å²) < 4.78 is 12.8. The first kappa shape index (κ1) is 14.0. The van der Waals surface area contributed by atoms with Crippen LogP contribution < -0.4 is 9.47 Å². The van der Waals surface area contributed by atoms with E-state index in [1.807, 2.05) is 19.1 Å². The zero-order chi connectivity index (χ0) is 14.0. The van der Waals surface area contributed by atoms with Crippen LogP contribution in [0.5, 0.6) is 11.5 Å². The summed E-state index contributed by atoms with van der Waals surface area (Å²) in [5, 5.41) is -0.129. The van der Waals surface area contributed by atoms with Gasteiger partial charge in [0.05, 0.1) is 30.6 Å². The molecule has 0 saturated heterocycles. The highest BCUT2D eigenvalue weighted by molar-refractivity contribution is 6.20. The van der Waals surface area contributed by atoms with Gasteiger partial charge in [0.25, 0.3) is 0 Å². The van der Waals surface area contributed by atoms with Crippen LogP contribution in [-0.4, -0.2) is 23.8 Å².